The number of hydrogen-bond acceptors (Lipinski definition) is 5. The first-order valence-corrected chi connectivity index (χ1v) is 9.38. The number of aliphatic hydroxyl groups is 1. The maximum Gasteiger partial charge on any atom is 0.134 e. The molecule has 25 heavy (non-hydrogen) atoms. The lowest BCUT2D eigenvalue weighted by Crippen LogP contribution is -2.45. The number of benzene rings is 1. The van der Waals surface area contributed by atoms with Crippen molar-refractivity contribution in [3.63, 3.8) is 0 Å². The molecule has 0 radical (unpaired) electrons. The number of anilines is 1. The first-order chi connectivity index (χ1) is 12.3. The van der Waals surface area contributed by atoms with Gasteiger partial charge in [-0.05, 0) is 30.9 Å². The molecule has 2 saturated heterocycles. The second kappa shape index (κ2) is 7.68. The zero-order valence-electron chi connectivity index (χ0n) is 14.7. The minimum Gasteiger partial charge on any atom is -0.392 e. The summed E-state index contributed by atoms with van der Waals surface area (Å²) >= 11 is 0. The Bertz CT molecular complexity index is 715. The molecule has 1 aromatic heterocycles. The molecule has 1 N–H and O–H groups in total. The maximum absolute atomic E-state index is 9.85. The van der Waals surface area contributed by atoms with Gasteiger partial charge in [-0.2, -0.15) is 0 Å². The number of aliphatic hydroxyl groups excluding tert-OH is 1. The molecule has 3 heterocycles. The van der Waals surface area contributed by atoms with Crippen molar-refractivity contribution in [2.75, 3.05) is 50.8 Å². The van der Waals surface area contributed by atoms with Crippen LogP contribution in [0.3, 0.4) is 0 Å². The van der Waals surface area contributed by atoms with Gasteiger partial charge in [0.2, 0.25) is 0 Å². The summed E-state index contributed by atoms with van der Waals surface area (Å²) in [5.74, 6) is 1.62. The summed E-state index contributed by atoms with van der Waals surface area (Å²) in [6, 6.07) is 10.2. The van der Waals surface area contributed by atoms with E-state index in [1.807, 2.05) is 12.1 Å². The quantitative estimate of drug-likeness (QED) is 0.924. The molecule has 0 spiro atoms. The number of para-hydroxylation sites is 1. The zero-order chi connectivity index (χ0) is 17.1. The van der Waals surface area contributed by atoms with E-state index in [-0.39, 0.29) is 6.61 Å². The summed E-state index contributed by atoms with van der Waals surface area (Å²) in [5.41, 5.74) is 1.94. The summed E-state index contributed by atoms with van der Waals surface area (Å²) in [4.78, 5) is 9.79. The lowest BCUT2D eigenvalue weighted by atomic mass is 9.96. The van der Waals surface area contributed by atoms with Crippen molar-refractivity contribution >= 4 is 16.7 Å². The highest BCUT2D eigenvalue weighted by Gasteiger charge is 2.25. The van der Waals surface area contributed by atoms with Gasteiger partial charge in [-0.25, -0.2) is 4.98 Å². The van der Waals surface area contributed by atoms with Gasteiger partial charge >= 0.3 is 0 Å². The number of ether oxygens (including phenoxy) is 1. The van der Waals surface area contributed by atoms with Crippen LogP contribution in [0.2, 0.25) is 0 Å². The van der Waals surface area contributed by atoms with Gasteiger partial charge in [0.05, 0.1) is 25.3 Å². The molecule has 2 aliphatic heterocycles. The third-order valence-corrected chi connectivity index (χ3v) is 5.39. The molecule has 0 amide bonds. The highest BCUT2D eigenvalue weighted by molar-refractivity contribution is 5.81. The Morgan fingerprint density at radius 1 is 1.16 bits per heavy atom. The number of hydrogen-bond donors (Lipinski definition) is 1. The van der Waals surface area contributed by atoms with E-state index in [4.69, 9.17) is 9.72 Å². The summed E-state index contributed by atoms with van der Waals surface area (Å²) in [5, 5.41) is 10.9. The van der Waals surface area contributed by atoms with E-state index < -0.39 is 0 Å². The fraction of sp³-hybridized carbons (Fsp3) is 0.550. The van der Waals surface area contributed by atoms with E-state index in [1.165, 1.54) is 12.8 Å². The van der Waals surface area contributed by atoms with Crippen molar-refractivity contribution < 1.29 is 9.84 Å². The van der Waals surface area contributed by atoms with E-state index in [1.54, 1.807) is 0 Å². The minimum atomic E-state index is 0.0395. The van der Waals surface area contributed by atoms with Crippen LogP contribution in [0, 0.1) is 5.92 Å². The van der Waals surface area contributed by atoms with Crippen LogP contribution in [0.25, 0.3) is 10.9 Å². The Labute approximate surface area is 149 Å². The summed E-state index contributed by atoms with van der Waals surface area (Å²) in [6.45, 7) is 7.04. The van der Waals surface area contributed by atoms with Crippen molar-refractivity contribution in [3.8, 4) is 0 Å². The van der Waals surface area contributed by atoms with Gasteiger partial charge < -0.3 is 14.7 Å². The monoisotopic (exact) mass is 341 g/mol. The third kappa shape index (κ3) is 3.78. The van der Waals surface area contributed by atoms with Gasteiger partial charge in [0.25, 0.3) is 0 Å². The molecule has 1 aromatic carbocycles. The Morgan fingerprint density at radius 3 is 2.84 bits per heavy atom. The Morgan fingerprint density at radius 2 is 2.00 bits per heavy atom. The lowest BCUT2D eigenvalue weighted by molar-refractivity contribution is 0.0296. The molecular formula is C20H27N3O2. The van der Waals surface area contributed by atoms with Crippen LogP contribution in [0.15, 0.2) is 30.3 Å². The van der Waals surface area contributed by atoms with E-state index in [0.717, 1.165) is 68.2 Å². The van der Waals surface area contributed by atoms with Crippen LogP contribution in [-0.4, -0.2) is 60.9 Å². The molecule has 0 saturated carbocycles. The van der Waals surface area contributed by atoms with E-state index in [9.17, 15) is 5.11 Å². The molecule has 2 aliphatic rings. The smallest absolute Gasteiger partial charge is 0.134 e. The normalized spacial score (nSPS) is 22.4. The van der Waals surface area contributed by atoms with E-state index in [2.05, 4.69) is 28.0 Å². The second-order valence-electron chi connectivity index (χ2n) is 7.19. The second-order valence-corrected chi connectivity index (χ2v) is 7.19. The molecule has 5 nitrogen and oxygen atoms in total. The predicted octanol–water partition coefficient (Wildman–Crippen LogP) is 2.28. The molecule has 4 rings (SSSR count). The highest BCUT2D eigenvalue weighted by atomic mass is 16.5. The number of piperidine rings is 1. The summed E-state index contributed by atoms with van der Waals surface area (Å²) < 4.78 is 5.46. The molecule has 0 aliphatic carbocycles. The molecule has 0 unspecified atom stereocenters. The number of aromatic nitrogens is 1. The molecule has 134 valence electrons. The van der Waals surface area contributed by atoms with Crippen molar-refractivity contribution in [1.82, 2.24) is 9.88 Å². The van der Waals surface area contributed by atoms with Crippen LogP contribution < -0.4 is 4.90 Å². The Hall–Kier alpha value is -1.69. The zero-order valence-corrected chi connectivity index (χ0v) is 14.7. The van der Waals surface area contributed by atoms with Crippen LogP contribution in [0.5, 0.6) is 0 Å². The Kier molecular flexibility index (Phi) is 5.15. The van der Waals surface area contributed by atoms with Gasteiger partial charge in [0.1, 0.15) is 5.82 Å². The number of rotatable bonds is 4. The first kappa shape index (κ1) is 16.8. The van der Waals surface area contributed by atoms with Crippen molar-refractivity contribution in [2.45, 2.75) is 19.4 Å². The lowest BCUT2D eigenvalue weighted by Gasteiger charge is -2.38. The molecule has 1 atom stereocenters. The SMILES string of the molecule is OCc1cc2ccccc2nc1N1CCC[C@@H](CN2CCOCC2)C1. The van der Waals surface area contributed by atoms with Gasteiger partial charge in [-0.1, -0.05) is 18.2 Å². The van der Waals surface area contributed by atoms with Gasteiger partial charge in [-0.3, -0.25) is 4.90 Å². The van der Waals surface area contributed by atoms with E-state index >= 15 is 0 Å². The minimum absolute atomic E-state index is 0.0395. The fourth-order valence-electron chi connectivity index (χ4n) is 4.10. The highest BCUT2D eigenvalue weighted by Crippen LogP contribution is 2.28. The van der Waals surface area contributed by atoms with Crippen molar-refractivity contribution in [3.05, 3.63) is 35.9 Å². The van der Waals surface area contributed by atoms with Crippen LogP contribution in [-0.2, 0) is 11.3 Å². The maximum atomic E-state index is 9.85. The predicted molar refractivity (Wildman–Crippen MR) is 99.9 cm³/mol. The average molecular weight is 341 g/mol. The summed E-state index contributed by atoms with van der Waals surface area (Å²) in [7, 11) is 0. The van der Waals surface area contributed by atoms with Gasteiger partial charge in [-0.15, -0.1) is 0 Å². The Balaban J connectivity index is 1.53. The van der Waals surface area contributed by atoms with Crippen molar-refractivity contribution in [2.24, 2.45) is 5.92 Å². The largest absolute Gasteiger partial charge is 0.392 e. The van der Waals surface area contributed by atoms with Crippen LogP contribution in [0.1, 0.15) is 18.4 Å². The molecule has 2 aromatic rings. The standard InChI is InChI=1S/C20H27N3O2/c24-15-18-12-17-5-1-2-6-19(17)21-20(18)23-7-3-4-16(14-23)13-22-8-10-25-11-9-22/h1-2,5-6,12,16,24H,3-4,7-11,13-15H2/t16-/m0/s1. The number of morpholine rings is 1. The van der Waals surface area contributed by atoms with Crippen LogP contribution in [0.4, 0.5) is 5.82 Å². The van der Waals surface area contributed by atoms with Crippen molar-refractivity contribution in [1.29, 1.82) is 0 Å². The number of fused-ring (bicyclic) bond motifs is 1. The first-order valence-electron chi connectivity index (χ1n) is 9.38. The molecule has 2 fully saturated rings. The average Bonchev–Trinajstić information content (AvgIpc) is 2.68. The molecule has 5 heteroatoms. The third-order valence-electron chi connectivity index (χ3n) is 5.39. The molecule has 0 bridgehead atoms. The number of nitrogens with zero attached hydrogens (tertiary/aromatic N) is 3. The fourth-order valence-corrected chi connectivity index (χ4v) is 4.10. The van der Waals surface area contributed by atoms with Gasteiger partial charge in [0.15, 0.2) is 0 Å². The van der Waals surface area contributed by atoms with E-state index in [0.29, 0.717) is 5.92 Å². The van der Waals surface area contributed by atoms with Crippen LogP contribution >= 0.6 is 0 Å². The van der Waals surface area contributed by atoms with Gasteiger partial charge in [0, 0.05) is 43.7 Å². The summed E-state index contributed by atoms with van der Waals surface area (Å²) in [6.07, 6.45) is 2.46. The topological polar surface area (TPSA) is 48.8 Å². The number of pyridine rings is 1. The molecular weight excluding hydrogens is 314 g/mol.